The fraction of sp³-hybridized carbons (Fsp3) is 0.182. The molecule has 4 nitrogen and oxygen atoms in total. The van der Waals surface area contributed by atoms with Gasteiger partial charge in [-0.3, -0.25) is 0 Å². The summed E-state index contributed by atoms with van der Waals surface area (Å²) in [5.41, 5.74) is 0.379. The molecule has 0 fully saturated rings. The van der Waals surface area contributed by atoms with Crippen molar-refractivity contribution in [2.75, 3.05) is 5.75 Å². The molecule has 6 heteroatoms. The van der Waals surface area contributed by atoms with Crippen LogP contribution < -0.4 is 0 Å². The zero-order chi connectivity index (χ0) is 13.2. The van der Waals surface area contributed by atoms with Gasteiger partial charge in [0.05, 0.1) is 21.2 Å². The number of hydrogen-bond acceptors (Lipinski definition) is 3. The van der Waals surface area contributed by atoms with Crippen LogP contribution in [0.1, 0.15) is 17.3 Å². The summed E-state index contributed by atoms with van der Waals surface area (Å²) in [5, 5.41) is 8.66. The van der Waals surface area contributed by atoms with E-state index in [1.807, 2.05) is 0 Å². The van der Waals surface area contributed by atoms with Gasteiger partial charge in [-0.25, -0.2) is 13.2 Å². The maximum atomic E-state index is 11.8. The van der Waals surface area contributed by atoms with E-state index in [4.69, 9.17) is 16.7 Å². The highest BCUT2D eigenvalue weighted by Crippen LogP contribution is 2.22. The molecule has 92 valence electrons. The van der Waals surface area contributed by atoms with E-state index < -0.39 is 15.8 Å². The summed E-state index contributed by atoms with van der Waals surface area (Å²) in [6.45, 7) is 5.13. The van der Waals surface area contributed by atoms with Crippen molar-refractivity contribution in [2.24, 2.45) is 0 Å². The minimum atomic E-state index is -3.50. The molecule has 0 aliphatic rings. The number of carbonyl (C=O) groups is 1. The van der Waals surface area contributed by atoms with E-state index in [1.54, 1.807) is 6.92 Å². The lowest BCUT2D eigenvalue weighted by molar-refractivity contribution is 0.0697. The molecular weight excluding hydrogens is 264 g/mol. The predicted molar refractivity (Wildman–Crippen MR) is 65.3 cm³/mol. The number of rotatable bonds is 4. The van der Waals surface area contributed by atoms with E-state index in [0.29, 0.717) is 5.57 Å². The molecule has 0 atom stereocenters. The summed E-state index contributed by atoms with van der Waals surface area (Å²) in [5.74, 6) is -1.38. The zero-order valence-corrected chi connectivity index (χ0v) is 10.7. The van der Waals surface area contributed by atoms with E-state index in [1.165, 1.54) is 12.1 Å². The van der Waals surface area contributed by atoms with Gasteiger partial charge in [-0.05, 0) is 25.1 Å². The highest BCUT2D eigenvalue weighted by Gasteiger charge is 2.17. The van der Waals surface area contributed by atoms with Crippen LogP contribution in [-0.2, 0) is 9.84 Å². The van der Waals surface area contributed by atoms with Crippen LogP contribution in [0.25, 0.3) is 0 Å². The van der Waals surface area contributed by atoms with Crippen LogP contribution >= 0.6 is 11.6 Å². The molecule has 0 radical (unpaired) electrons. The first-order valence-electron chi connectivity index (χ1n) is 4.64. The lowest BCUT2D eigenvalue weighted by Crippen LogP contribution is -2.08. The van der Waals surface area contributed by atoms with Crippen molar-refractivity contribution in [3.05, 3.63) is 40.9 Å². The average Bonchev–Trinajstić information content (AvgIpc) is 2.14. The number of halogens is 1. The molecule has 0 aromatic heterocycles. The van der Waals surface area contributed by atoms with Crippen LogP contribution in [0.5, 0.6) is 0 Å². The summed E-state index contributed by atoms with van der Waals surface area (Å²) in [6, 6.07) is 3.55. The number of sulfone groups is 1. The van der Waals surface area contributed by atoms with Crippen LogP contribution in [0.3, 0.4) is 0 Å². The van der Waals surface area contributed by atoms with Crippen LogP contribution in [0.2, 0.25) is 5.02 Å². The van der Waals surface area contributed by atoms with Gasteiger partial charge >= 0.3 is 5.97 Å². The second-order valence-corrected chi connectivity index (χ2v) is 6.06. The summed E-state index contributed by atoms with van der Waals surface area (Å²) in [6.07, 6.45) is 0. The molecule has 0 saturated carbocycles. The van der Waals surface area contributed by atoms with Gasteiger partial charge < -0.3 is 5.11 Å². The molecule has 1 N–H and O–H groups in total. The Labute approximate surface area is 104 Å². The van der Waals surface area contributed by atoms with Gasteiger partial charge in [0.2, 0.25) is 0 Å². The van der Waals surface area contributed by atoms with Crippen molar-refractivity contribution in [1.29, 1.82) is 0 Å². The Morgan fingerprint density at radius 3 is 2.47 bits per heavy atom. The van der Waals surface area contributed by atoms with Gasteiger partial charge in [0.25, 0.3) is 0 Å². The van der Waals surface area contributed by atoms with Gasteiger partial charge in [0.1, 0.15) is 0 Å². The number of aromatic carboxylic acids is 1. The van der Waals surface area contributed by atoms with Crippen LogP contribution in [0.15, 0.2) is 35.2 Å². The quantitative estimate of drug-likeness (QED) is 0.856. The summed E-state index contributed by atoms with van der Waals surface area (Å²) < 4.78 is 23.6. The molecule has 0 saturated heterocycles. The Morgan fingerprint density at radius 1 is 1.47 bits per heavy atom. The molecule has 0 aliphatic carbocycles. The Kier molecular flexibility index (Phi) is 3.95. The van der Waals surface area contributed by atoms with Crippen LogP contribution in [0, 0.1) is 0 Å². The number of carboxylic acid groups (broad SMARTS) is 1. The maximum Gasteiger partial charge on any atom is 0.337 e. The van der Waals surface area contributed by atoms with Crippen molar-refractivity contribution < 1.29 is 18.3 Å². The van der Waals surface area contributed by atoms with Gasteiger partial charge in [-0.2, -0.15) is 0 Å². The molecule has 17 heavy (non-hydrogen) atoms. The third kappa shape index (κ3) is 3.31. The Bertz CT molecular complexity index is 575. The number of benzene rings is 1. The fourth-order valence-corrected chi connectivity index (χ4v) is 2.98. The summed E-state index contributed by atoms with van der Waals surface area (Å²) in [7, 11) is -3.50. The molecule has 0 heterocycles. The first-order valence-corrected chi connectivity index (χ1v) is 6.67. The first-order chi connectivity index (χ1) is 7.74. The van der Waals surface area contributed by atoms with Crippen molar-refractivity contribution in [2.45, 2.75) is 11.8 Å². The average molecular weight is 275 g/mol. The fourth-order valence-electron chi connectivity index (χ4n) is 1.27. The molecule has 0 unspecified atom stereocenters. The standard InChI is InChI=1S/C11H11ClO4S/c1-7(2)6-17(15,16)8-3-4-9(11(13)14)10(12)5-8/h3-5H,1,6H2,2H3,(H,13,14). The molecule has 1 aromatic rings. The van der Waals surface area contributed by atoms with E-state index in [2.05, 4.69) is 6.58 Å². The molecular formula is C11H11ClO4S. The molecule has 0 spiro atoms. The molecule has 0 amide bonds. The van der Waals surface area contributed by atoms with Gasteiger partial charge in [-0.1, -0.05) is 23.8 Å². The molecule has 0 aliphatic heterocycles. The van der Waals surface area contributed by atoms with Crippen molar-refractivity contribution in [1.82, 2.24) is 0 Å². The monoisotopic (exact) mass is 274 g/mol. The lowest BCUT2D eigenvalue weighted by Gasteiger charge is -2.06. The van der Waals surface area contributed by atoms with Crippen LogP contribution in [-0.4, -0.2) is 25.2 Å². The Morgan fingerprint density at radius 2 is 2.06 bits per heavy atom. The van der Waals surface area contributed by atoms with Crippen molar-refractivity contribution >= 4 is 27.4 Å². The largest absolute Gasteiger partial charge is 0.478 e. The van der Waals surface area contributed by atoms with Gasteiger partial charge in [-0.15, -0.1) is 0 Å². The van der Waals surface area contributed by atoms with E-state index in [-0.39, 0.29) is 21.2 Å². The Hall–Kier alpha value is -1.33. The van der Waals surface area contributed by atoms with E-state index in [9.17, 15) is 13.2 Å². The number of carboxylic acids is 1. The maximum absolute atomic E-state index is 11.8. The SMILES string of the molecule is C=C(C)CS(=O)(=O)c1ccc(C(=O)O)c(Cl)c1. The molecule has 1 aromatic carbocycles. The van der Waals surface area contributed by atoms with Gasteiger partial charge in [0, 0.05) is 0 Å². The number of hydrogen-bond donors (Lipinski definition) is 1. The predicted octanol–water partition coefficient (Wildman–Crippen LogP) is 2.39. The van der Waals surface area contributed by atoms with Crippen LogP contribution in [0.4, 0.5) is 0 Å². The lowest BCUT2D eigenvalue weighted by atomic mass is 10.2. The third-order valence-electron chi connectivity index (χ3n) is 1.97. The summed E-state index contributed by atoms with van der Waals surface area (Å²) >= 11 is 5.70. The highest BCUT2D eigenvalue weighted by molar-refractivity contribution is 7.91. The minimum absolute atomic E-state index is 0.00417. The second-order valence-electron chi connectivity index (χ2n) is 3.66. The summed E-state index contributed by atoms with van der Waals surface area (Å²) in [4.78, 5) is 10.7. The Balaban J connectivity index is 3.23. The smallest absolute Gasteiger partial charge is 0.337 e. The van der Waals surface area contributed by atoms with E-state index in [0.717, 1.165) is 6.07 Å². The van der Waals surface area contributed by atoms with Gasteiger partial charge in [0.15, 0.2) is 9.84 Å². The second kappa shape index (κ2) is 4.89. The molecule has 1 rings (SSSR count). The van der Waals surface area contributed by atoms with E-state index >= 15 is 0 Å². The molecule has 0 bridgehead atoms. The zero-order valence-electron chi connectivity index (χ0n) is 9.10. The first kappa shape index (κ1) is 13.7. The third-order valence-corrected chi connectivity index (χ3v) is 4.12. The van der Waals surface area contributed by atoms with Crippen molar-refractivity contribution in [3.63, 3.8) is 0 Å². The highest BCUT2D eigenvalue weighted by atomic mass is 35.5. The normalized spacial score (nSPS) is 11.2. The van der Waals surface area contributed by atoms with Crippen molar-refractivity contribution in [3.8, 4) is 0 Å². The minimum Gasteiger partial charge on any atom is -0.478 e. The topological polar surface area (TPSA) is 71.4 Å².